The van der Waals surface area contributed by atoms with Gasteiger partial charge in [-0.2, -0.15) is 0 Å². The number of rotatable bonds is 3. The van der Waals surface area contributed by atoms with Crippen molar-refractivity contribution in [2.75, 3.05) is 25.1 Å². The third kappa shape index (κ3) is 3.21. The average molecular weight is 266 g/mol. The van der Waals surface area contributed by atoms with Gasteiger partial charge in [0.25, 0.3) is 0 Å². The number of nitrogens with one attached hydrogen (secondary N) is 1. The van der Waals surface area contributed by atoms with Gasteiger partial charge in [-0.15, -0.1) is 0 Å². The topological polar surface area (TPSA) is 58.6 Å². The number of carbonyl (C=O) groups is 2. The Kier molecular flexibility index (Phi) is 3.99. The molecule has 102 valence electrons. The van der Waals surface area contributed by atoms with Crippen molar-refractivity contribution in [2.24, 2.45) is 5.92 Å². The lowest BCUT2D eigenvalue weighted by molar-refractivity contribution is -0.117. The number of alkyl carbamates (subject to hydrolysis) is 1. The molecule has 1 aromatic rings. The molecule has 1 N–H and O–H groups in total. The first-order valence-corrected chi connectivity index (χ1v) is 5.98. The van der Waals surface area contributed by atoms with Gasteiger partial charge in [0.1, 0.15) is 5.82 Å². The molecule has 6 heteroatoms. The normalized spacial score (nSPS) is 18.5. The van der Waals surface area contributed by atoms with Crippen LogP contribution in [0.1, 0.15) is 6.42 Å². The average Bonchev–Trinajstić information content (AvgIpc) is 2.78. The molecule has 1 fully saturated rings. The maximum atomic E-state index is 12.8. The number of anilines is 1. The second-order valence-corrected chi connectivity index (χ2v) is 4.42. The van der Waals surface area contributed by atoms with Crippen LogP contribution in [0.15, 0.2) is 24.3 Å². The Morgan fingerprint density at radius 1 is 1.47 bits per heavy atom. The molecule has 1 aromatic carbocycles. The van der Waals surface area contributed by atoms with Gasteiger partial charge in [-0.3, -0.25) is 4.79 Å². The van der Waals surface area contributed by atoms with Gasteiger partial charge in [0.2, 0.25) is 5.91 Å². The van der Waals surface area contributed by atoms with E-state index in [4.69, 9.17) is 0 Å². The quantitative estimate of drug-likeness (QED) is 0.902. The Labute approximate surface area is 110 Å². The summed E-state index contributed by atoms with van der Waals surface area (Å²) in [6, 6.07) is 5.79. The zero-order valence-electron chi connectivity index (χ0n) is 10.6. The third-order valence-corrected chi connectivity index (χ3v) is 3.06. The van der Waals surface area contributed by atoms with Crippen molar-refractivity contribution < 1.29 is 18.7 Å². The van der Waals surface area contributed by atoms with E-state index in [0.717, 1.165) is 0 Å². The van der Waals surface area contributed by atoms with Crippen LogP contribution in [0.3, 0.4) is 0 Å². The van der Waals surface area contributed by atoms with E-state index >= 15 is 0 Å². The van der Waals surface area contributed by atoms with E-state index in [1.54, 1.807) is 17.0 Å². The molecule has 0 aliphatic carbocycles. The van der Waals surface area contributed by atoms with Gasteiger partial charge in [0.15, 0.2) is 0 Å². The molecule has 1 aliphatic rings. The van der Waals surface area contributed by atoms with Gasteiger partial charge in [-0.1, -0.05) is 0 Å². The van der Waals surface area contributed by atoms with Crippen LogP contribution in [0.25, 0.3) is 0 Å². The third-order valence-electron chi connectivity index (χ3n) is 3.06. The lowest BCUT2D eigenvalue weighted by atomic mass is 10.1. The summed E-state index contributed by atoms with van der Waals surface area (Å²) < 4.78 is 17.3. The van der Waals surface area contributed by atoms with Crippen LogP contribution < -0.4 is 10.2 Å². The van der Waals surface area contributed by atoms with Crippen LogP contribution in [0, 0.1) is 11.7 Å². The summed E-state index contributed by atoms with van der Waals surface area (Å²) in [6.07, 6.45) is -0.144. The number of benzene rings is 1. The van der Waals surface area contributed by atoms with E-state index in [0.29, 0.717) is 25.2 Å². The van der Waals surface area contributed by atoms with Crippen molar-refractivity contribution in [1.29, 1.82) is 0 Å². The van der Waals surface area contributed by atoms with E-state index in [1.807, 2.05) is 0 Å². The number of ether oxygens (including phenoxy) is 1. The van der Waals surface area contributed by atoms with E-state index in [-0.39, 0.29) is 17.6 Å². The molecule has 1 atom stereocenters. The number of hydrogen-bond acceptors (Lipinski definition) is 3. The zero-order valence-corrected chi connectivity index (χ0v) is 10.6. The minimum atomic E-state index is -0.507. The summed E-state index contributed by atoms with van der Waals surface area (Å²) in [7, 11) is 1.29. The second kappa shape index (κ2) is 5.69. The number of methoxy groups -OCH3 is 1. The highest BCUT2D eigenvalue weighted by atomic mass is 19.1. The maximum Gasteiger partial charge on any atom is 0.406 e. The predicted octanol–water partition coefficient (Wildman–Crippen LogP) is 1.53. The molecule has 0 saturated carbocycles. The molecular weight excluding hydrogens is 251 g/mol. The van der Waals surface area contributed by atoms with Crippen LogP contribution >= 0.6 is 0 Å². The van der Waals surface area contributed by atoms with Gasteiger partial charge in [-0.05, 0) is 24.3 Å². The summed E-state index contributed by atoms with van der Waals surface area (Å²) in [6.45, 7) is 0.893. The maximum absolute atomic E-state index is 12.8. The largest absolute Gasteiger partial charge is 0.453 e. The van der Waals surface area contributed by atoms with E-state index in [1.165, 1.54) is 19.2 Å². The van der Waals surface area contributed by atoms with E-state index in [9.17, 15) is 14.0 Å². The number of hydrogen-bond donors (Lipinski definition) is 1. The number of amides is 2. The van der Waals surface area contributed by atoms with Crippen molar-refractivity contribution in [1.82, 2.24) is 5.32 Å². The van der Waals surface area contributed by atoms with Gasteiger partial charge in [0.05, 0.1) is 7.11 Å². The van der Waals surface area contributed by atoms with Crippen LogP contribution in [0.4, 0.5) is 14.9 Å². The highest BCUT2D eigenvalue weighted by Crippen LogP contribution is 2.24. The Morgan fingerprint density at radius 2 is 2.16 bits per heavy atom. The summed E-state index contributed by atoms with van der Waals surface area (Å²) in [5, 5.41) is 2.58. The van der Waals surface area contributed by atoms with E-state index < -0.39 is 6.09 Å². The van der Waals surface area contributed by atoms with Crippen molar-refractivity contribution in [2.45, 2.75) is 6.42 Å². The first-order chi connectivity index (χ1) is 9.10. The fourth-order valence-electron chi connectivity index (χ4n) is 2.09. The van der Waals surface area contributed by atoms with Gasteiger partial charge >= 0.3 is 6.09 Å². The Morgan fingerprint density at radius 3 is 2.79 bits per heavy atom. The Balaban J connectivity index is 1.96. The van der Waals surface area contributed by atoms with Gasteiger partial charge < -0.3 is 15.0 Å². The zero-order chi connectivity index (χ0) is 13.8. The first-order valence-electron chi connectivity index (χ1n) is 5.98. The molecule has 0 radical (unpaired) electrons. The van der Waals surface area contributed by atoms with Crippen molar-refractivity contribution >= 4 is 17.7 Å². The monoisotopic (exact) mass is 266 g/mol. The van der Waals surface area contributed by atoms with Crippen LogP contribution in [0.5, 0.6) is 0 Å². The summed E-state index contributed by atoms with van der Waals surface area (Å²) in [5.41, 5.74) is 0.673. The highest BCUT2D eigenvalue weighted by molar-refractivity contribution is 5.95. The van der Waals surface area contributed by atoms with Crippen LogP contribution in [0.2, 0.25) is 0 Å². The Hall–Kier alpha value is -2.11. The van der Waals surface area contributed by atoms with Crippen LogP contribution in [-0.2, 0) is 9.53 Å². The first kappa shape index (κ1) is 13.3. The molecule has 0 spiro atoms. The molecule has 2 amide bonds. The number of nitrogens with zero attached hydrogens (tertiary/aromatic N) is 1. The molecule has 1 aliphatic heterocycles. The molecule has 2 rings (SSSR count). The van der Waals surface area contributed by atoms with Crippen molar-refractivity contribution in [3.8, 4) is 0 Å². The molecule has 1 unspecified atom stereocenters. The molecular formula is C13H15FN2O3. The minimum Gasteiger partial charge on any atom is -0.453 e. The molecule has 0 aromatic heterocycles. The van der Waals surface area contributed by atoms with Crippen molar-refractivity contribution in [3.05, 3.63) is 30.1 Å². The van der Waals surface area contributed by atoms with Gasteiger partial charge in [-0.25, -0.2) is 9.18 Å². The summed E-state index contributed by atoms with van der Waals surface area (Å²) >= 11 is 0. The van der Waals surface area contributed by atoms with Crippen molar-refractivity contribution in [3.63, 3.8) is 0 Å². The smallest absolute Gasteiger partial charge is 0.406 e. The number of halogens is 1. The van der Waals surface area contributed by atoms with Gasteiger partial charge in [0, 0.05) is 31.1 Å². The predicted molar refractivity (Wildman–Crippen MR) is 67.3 cm³/mol. The molecule has 1 saturated heterocycles. The molecule has 0 bridgehead atoms. The minimum absolute atomic E-state index is 0.0247. The molecule has 1 heterocycles. The fourth-order valence-corrected chi connectivity index (χ4v) is 2.09. The summed E-state index contributed by atoms with van der Waals surface area (Å²) in [4.78, 5) is 24.4. The Bertz CT molecular complexity index is 475. The van der Waals surface area contributed by atoms with E-state index in [2.05, 4.69) is 10.1 Å². The van der Waals surface area contributed by atoms with Crippen LogP contribution in [-0.4, -0.2) is 32.2 Å². The standard InChI is InChI=1S/C13H15FN2O3/c1-19-13(18)15-7-9-6-12(17)16(8-9)11-4-2-10(14)3-5-11/h2-5,9H,6-8H2,1H3,(H,15,18). The lowest BCUT2D eigenvalue weighted by Gasteiger charge is -2.16. The lowest BCUT2D eigenvalue weighted by Crippen LogP contribution is -2.31. The SMILES string of the molecule is COC(=O)NCC1CC(=O)N(c2ccc(F)cc2)C1. The fraction of sp³-hybridized carbons (Fsp3) is 0.385. The second-order valence-electron chi connectivity index (χ2n) is 4.42. The summed E-state index contributed by atoms with van der Waals surface area (Å²) in [5.74, 6) is -0.320. The molecule has 5 nitrogen and oxygen atoms in total. The highest BCUT2D eigenvalue weighted by Gasteiger charge is 2.30. The molecule has 19 heavy (non-hydrogen) atoms. The number of carbonyl (C=O) groups excluding carboxylic acids is 2.